The van der Waals surface area contributed by atoms with Gasteiger partial charge in [-0.2, -0.15) is 0 Å². The van der Waals surface area contributed by atoms with Crippen LogP contribution in [0.5, 0.6) is 5.75 Å². The van der Waals surface area contributed by atoms with Gasteiger partial charge in [-0.25, -0.2) is 4.79 Å². The van der Waals surface area contributed by atoms with Gasteiger partial charge < -0.3 is 15.2 Å². The van der Waals surface area contributed by atoms with Crippen molar-refractivity contribution < 1.29 is 14.6 Å². The van der Waals surface area contributed by atoms with E-state index in [4.69, 9.17) is 4.74 Å². The van der Waals surface area contributed by atoms with E-state index in [2.05, 4.69) is 42.0 Å². The van der Waals surface area contributed by atoms with Gasteiger partial charge in [-0.3, -0.25) is 0 Å². The second kappa shape index (κ2) is 7.80. The number of carbonyl (C=O) groups is 1. The lowest BCUT2D eigenvalue weighted by atomic mass is 10.1. The van der Waals surface area contributed by atoms with E-state index in [-0.39, 0.29) is 5.54 Å². The maximum absolute atomic E-state index is 11.2. The summed E-state index contributed by atoms with van der Waals surface area (Å²) in [6.45, 7) is 8.83. The Bertz CT molecular complexity index is 483. The van der Waals surface area contributed by atoms with Gasteiger partial charge in [0, 0.05) is 22.1 Å². The maximum Gasteiger partial charge on any atom is 0.344 e. The molecule has 0 saturated carbocycles. The summed E-state index contributed by atoms with van der Waals surface area (Å²) in [5.74, 6) is -0.301. The van der Waals surface area contributed by atoms with Crippen LogP contribution in [-0.4, -0.2) is 22.7 Å². The molecule has 0 aliphatic heterocycles. The van der Waals surface area contributed by atoms with Gasteiger partial charge >= 0.3 is 5.97 Å². The van der Waals surface area contributed by atoms with E-state index < -0.39 is 12.1 Å². The summed E-state index contributed by atoms with van der Waals surface area (Å²) in [6.07, 6.45) is 0.463. The van der Waals surface area contributed by atoms with Gasteiger partial charge in [0.05, 0.1) is 0 Å². The molecule has 4 nitrogen and oxygen atoms in total. The van der Waals surface area contributed by atoms with E-state index in [1.165, 1.54) is 0 Å². The van der Waals surface area contributed by atoms with Gasteiger partial charge in [-0.1, -0.05) is 29.3 Å². The molecule has 0 spiro atoms. The molecule has 1 aromatic rings. The van der Waals surface area contributed by atoms with Crippen LogP contribution in [0, 0.1) is 0 Å². The van der Waals surface area contributed by atoms with Crippen LogP contribution < -0.4 is 10.1 Å². The molecular weight excluding hydrogens is 334 g/mol. The van der Waals surface area contributed by atoms with E-state index >= 15 is 0 Å². The lowest BCUT2D eigenvalue weighted by Gasteiger charge is -2.23. The molecule has 0 bridgehead atoms. The number of hydrogen-bond acceptors (Lipinski definition) is 3. The zero-order valence-corrected chi connectivity index (χ0v) is 14.7. The minimum atomic E-state index is -0.922. The average molecular weight is 358 g/mol. The Hall–Kier alpha value is -1.07. The monoisotopic (exact) mass is 357 g/mol. The molecule has 5 heteroatoms. The fraction of sp³-hybridized carbons (Fsp3) is 0.562. The number of aliphatic carboxylic acids is 1. The van der Waals surface area contributed by atoms with Crippen molar-refractivity contribution in [2.24, 2.45) is 0 Å². The number of rotatable bonds is 7. The average Bonchev–Trinajstić information content (AvgIpc) is 2.37. The lowest BCUT2D eigenvalue weighted by Crippen LogP contribution is -2.35. The molecule has 0 amide bonds. The molecule has 0 fully saturated rings. The van der Waals surface area contributed by atoms with Gasteiger partial charge in [-0.05, 0) is 45.4 Å². The van der Waals surface area contributed by atoms with Crippen LogP contribution in [0.4, 0.5) is 0 Å². The highest BCUT2D eigenvalue weighted by atomic mass is 79.9. The zero-order chi connectivity index (χ0) is 16.0. The summed E-state index contributed by atoms with van der Waals surface area (Å²) in [5.41, 5.74) is 0.927. The molecule has 0 aliphatic carbocycles. The molecule has 1 atom stereocenters. The van der Waals surface area contributed by atoms with Crippen molar-refractivity contribution in [3.05, 3.63) is 28.2 Å². The number of carboxylic acids is 1. The standard InChI is InChI=1S/C16H24BrNO3/c1-5-6-14(15(19)20)21-13-8-7-12(17)9-11(13)10-18-16(2,3)4/h7-9,14,18H,5-6,10H2,1-4H3,(H,19,20). The molecule has 2 N–H and O–H groups in total. The first kappa shape index (κ1) is 18.0. The van der Waals surface area contributed by atoms with Crippen LogP contribution >= 0.6 is 15.9 Å². The van der Waals surface area contributed by atoms with E-state index in [1.54, 1.807) is 0 Å². The third kappa shape index (κ3) is 6.48. The lowest BCUT2D eigenvalue weighted by molar-refractivity contribution is -0.145. The van der Waals surface area contributed by atoms with Gasteiger partial charge in [-0.15, -0.1) is 0 Å². The number of hydrogen-bond donors (Lipinski definition) is 2. The predicted molar refractivity (Wildman–Crippen MR) is 87.7 cm³/mol. The molecule has 1 aromatic carbocycles. The Labute approximate surface area is 135 Å². The third-order valence-electron chi connectivity index (χ3n) is 2.93. The van der Waals surface area contributed by atoms with E-state index in [0.29, 0.717) is 18.7 Å². The van der Waals surface area contributed by atoms with Gasteiger partial charge in [0.1, 0.15) is 5.75 Å². The third-order valence-corrected chi connectivity index (χ3v) is 3.42. The van der Waals surface area contributed by atoms with Crippen molar-refractivity contribution in [3.63, 3.8) is 0 Å². The molecule has 0 heterocycles. The fourth-order valence-electron chi connectivity index (χ4n) is 1.81. The Kier molecular flexibility index (Phi) is 6.68. The summed E-state index contributed by atoms with van der Waals surface area (Å²) in [6, 6.07) is 5.63. The van der Waals surface area contributed by atoms with Gasteiger partial charge in [0.2, 0.25) is 0 Å². The van der Waals surface area contributed by atoms with Crippen LogP contribution in [0.2, 0.25) is 0 Å². The highest BCUT2D eigenvalue weighted by molar-refractivity contribution is 9.10. The van der Waals surface area contributed by atoms with Crippen molar-refractivity contribution in [2.75, 3.05) is 0 Å². The summed E-state index contributed by atoms with van der Waals surface area (Å²) in [5, 5.41) is 12.6. The Morgan fingerprint density at radius 1 is 1.43 bits per heavy atom. The van der Waals surface area contributed by atoms with Crippen LogP contribution in [0.25, 0.3) is 0 Å². The molecule has 0 aromatic heterocycles. The van der Waals surface area contributed by atoms with Crippen molar-refractivity contribution in [3.8, 4) is 5.75 Å². The van der Waals surface area contributed by atoms with Crippen LogP contribution in [0.15, 0.2) is 22.7 Å². The minimum Gasteiger partial charge on any atom is -0.479 e. The summed E-state index contributed by atoms with van der Waals surface area (Å²) in [7, 11) is 0. The number of benzene rings is 1. The Balaban J connectivity index is 2.92. The summed E-state index contributed by atoms with van der Waals surface area (Å²) >= 11 is 3.44. The minimum absolute atomic E-state index is 0.0186. The quantitative estimate of drug-likeness (QED) is 0.774. The molecule has 0 aliphatic rings. The van der Waals surface area contributed by atoms with Crippen LogP contribution in [0.1, 0.15) is 46.1 Å². The van der Waals surface area contributed by atoms with Crippen LogP contribution in [0.3, 0.4) is 0 Å². The largest absolute Gasteiger partial charge is 0.479 e. The normalized spacial score (nSPS) is 13.0. The molecule has 0 saturated heterocycles. The fourth-order valence-corrected chi connectivity index (χ4v) is 2.22. The SMILES string of the molecule is CCCC(Oc1ccc(Br)cc1CNC(C)(C)C)C(=O)O. The second-order valence-corrected chi connectivity index (χ2v) is 7.00. The van der Waals surface area contributed by atoms with Gasteiger partial charge in [0.25, 0.3) is 0 Å². The number of halogens is 1. The highest BCUT2D eigenvalue weighted by Gasteiger charge is 2.20. The first-order valence-corrected chi connectivity index (χ1v) is 7.95. The number of carboxylic acid groups (broad SMARTS) is 1. The Morgan fingerprint density at radius 2 is 2.10 bits per heavy atom. The molecule has 1 unspecified atom stereocenters. The predicted octanol–water partition coefficient (Wildman–Crippen LogP) is 3.97. The first-order chi connectivity index (χ1) is 9.73. The van der Waals surface area contributed by atoms with E-state index in [9.17, 15) is 9.90 Å². The van der Waals surface area contributed by atoms with Crippen LogP contribution in [-0.2, 0) is 11.3 Å². The zero-order valence-electron chi connectivity index (χ0n) is 13.1. The molecule has 21 heavy (non-hydrogen) atoms. The molecule has 1 rings (SSSR count). The first-order valence-electron chi connectivity index (χ1n) is 7.16. The van der Waals surface area contributed by atoms with E-state index in [1.807, 2.05) is 25.1 Å². The Morgan fingerprint density at radius 3 is 2.62 bits per heavy atom. The summed E-state index contributed by atoms with van der Waals surface area (Å²) < 4.78 is 6.65. The number of ether oxygens (including phenoxy) is 1. The van der Waals surface area contributed by atoms with E-state index in [0.717, 1.165) is 16.5 Å². The summed E-state index contributed by atoms with van der Waals surface area (Å²) in [4.78, 5) is 11.2. The smallest absolute Gasteiger partial charge is 0.344 e. The molecule has 0 radical (unpaired) electrons. The topological polar surface area (TPSA) is 58.6 Å². The van der Waals surface area contributed by atoms with Crippen molar-refractivity contribution in [1.29, 1.82) is 0 Å². The van der Waals surface area contributed by atoms with Crippen molar-refractivity contribution in [1.82, 2.24) is 5.32 Å². The second-order valence-electron chi connectivity index (χ2n) is 6.09. The van der Waals surface area contributed by atoms with Gasteiger partial charge in [0.15, 0.2) is 6.10 Å². The van der Waals surface area contributed by atoms with Crippen molar-refractivity contribution >= 4 is 21.9 Å². The molecular formula is C16H24BrNO3. The van der Waals surface area contributed by atoms with Crippen molar-refractivity contribution in [2.45, 2.75) is 58.7 Å². The highest BCUT2D eigenvalue weighted by Crippen LogP contribution is 2.25. The molecule has 118 valence electrons. The maximum atomic E-state index is 11.2. The number of nitrogens with one attached hydrogen (secondary N) is 1.